The van der Waals surface area contributed by atoms with Crippen molar-refractivity contribution in [2.75, 3.05) is 4.90 Å². The van der Waals surface area contributed by atoms with E-state index in [1.807, 2.05) is 0 Å². The Morgan fingerprint density at radius 1 is 0.281 bits per heavy atom. The molecule has 300 valence electrons. The Labute approximate surface area is 374 Å². The van der Waals surface area contributed by atoms with E-state index in [0.717, 1.165) is 17.1 Å². The lowest BCUT2D eigenvalue weighted by Crippen LogP contribution is -2.28. The molecule has 0 unspecified atom stereocenters. The Morgan fingerprint density at radius 2 is 0.812 bits per heavy atom. The van der Waals surface area contributed by atoms with E-state index in [4.69, 9.17) is 0 Å². The number of nitrogens with zero attached hydrogens (tertiary/aromatic N) is 1. The second-order valence-electron chi connectivity index (χ2n) is 16.8. The molecule has 0 radical (unpaired) electrons. The fraction of sp³-hybridized carbons (Fsp3) is 0.0159. The second-order valence-corrected chi connectivity index (χ2v) is 16.8. The lowest BCUT2D eigenvalue weighted by Gasteiger charge is -2.34. The van der Waals surface area contributed by atoms with Crippen molar-refractivity contribution in [3.8, 4) is 44.5 Å². The number of rotatable bonds is 8. The maximum absolute atomic E-state index is 2.48. The van der Waals surface area contributed by atoms with Gasteiger partial charge in [-0.2, -0.15) is 0 Å². The summed E-state index contributed by atoms with van der Waals surface area (Å²) < 4.78 is 0. The first kappa shape index (κ1) is 37.5. The Hall–Kier alpha value is -8.26. The van der Waals surface area contributed by atoms with Crippen LogP contribution in [0.15, 0.2) is 261 Å². The normalized spacial score (nSPS) is 12.5. The van der Waals surface area contributed by atoms with E-state index in [-0.39, 0.29) is 0 Å². The number of hydrogen-bond acceptors (Lipinski definition) is 1. The van der Waals surface area contributed by atoms with Crippen molar-refractivity contribution in [2.24, 2.45) is 0 Å². The van der Waals surface area contributed by atoms with Crippen LogP contribution in [0.3, 0.4) is 0 Å². The Bertz CT molecular complexity index is 3430. The van der Waals surface area contributed by atoms with Crippen LogP contribution in [0.1, 0.15) is 22.3 Å². The topological polar surface area (TPSA) is 3.24 Å². The van der Waals surface area contributed by atoms with Crippen molar-refractivity contribution in [2.45, 2.75) is 5.41 Å². The van der Waals surface area contributed by atoms with Crippen molar-refractivity contribution in [3.05, 3.63) is 283 Å². The summed E-state index contributed by atoms with van der Waals surface area (Å²) in [4.78, 5) is 2.48. The summed E-state index contributed by atoms with van der Waals surface area (Å²) in [6.07, 6.45) is 0. The Kier molecular flexibility index (Phi) is 9.13. The molecule has 0 saturated carbocycles. The van der Waals surface area contributed by atoms with Crippen LogP contribution >= 0.6 is 0 Å². The highest BCUT2D eigenvalue weighted by atomic mass is 15.1. The van der Waals surface area contributed by atoms with Crippen LogP contribution in [-0.2, 0) is 5.41 Å². The lowest BCUT2D eigenvalue weighted by atomic mass is 9.68. The van der Waals surface area contributed by atoms with Crippen molar-refractivity contribution in [3.63, 3.8) is 0 Å². The summed E-state index contributed by atoms with van der Waals surface area (Å²) in [5, 5.41) is 4.99. The van der Waals surface area contributed by atoms with Crippen LogP contribution in [0.5, 0.6) is 0 Å². The molecule has 0 spiro atoms. The van der Waals surface area contributed by atoms with Gasteiger partial charge in [0.1, 0.15) is 0 Å². The van der Waals surface area contributed by atoms with Crippen molar-refractivity contribution >= 4 is 38.6 Å². The molecule has 1 nitrogen and oxygen atoms in total. The zero-order valence-electron chi connectivity index (χ0n) is 35.3. The standard InChI is InChI=1S/C63H43N/c1-3-21-52(22-4-1)63(53-23-5-2-6-24-53)59-29-12-11-27-58(59)62-60(63)30-15-31-61(62)64(55-25-13-20-51(43-55)57-28-14-19-48-17-9-10-26-56(48)57)54-40-38-46(39-41-54)45-32-34-47(35-33-45)50-37-36-44-16-7-8-18-49(44)42-50/h1-43H. The molecule has 0 heterocycles. The summed E-state index contributed by atoms with van der Waals surface area (Å²) in [5.74, 6) is 0. The van der Waals surface area contributed by atoms with Gasteiger partial charge in [-0.25, -0.2) is 0 Å². The predicted octanol–water partition coefficient (Wildman–Crippen LogP) is 16.8. The van der Waals surface area contributed by atoms with Gasteiger partial charge in [0.15, 0.2) is 0 Å². The molecule has 12 rings (SSSR count). The van der Waals surface area contributed by atoms with E-state index in [2.05, 4.69) is 266 Å². The number of hydrogen-bond donors (Lipinski definition) is 0. The van der Waals surface area contributed by atoms with Crippen molar-refractivity contribution in [1.29, 1.82) is 0 Å². The summed E-state index contributed by atoms with van der Waals surface area (Å²) in [5.41, 5.74) is 17.6. The minimum absolute atomic E-state index is 0.510. The molecule has 0 aliphatic heterocycles. The van der Waals surface area contributed by atoms with Gasteiger partial charge >= 0.3 is 0 Å². The number of benzene rings is 11. The van der Waals surface area contributed by atoms with Crippen molar-refractivity contribution < 1.29 is 0 Å². The van der Waals surface area contributed by atoms with Gasteiger partial charge in [-0.1, -0.05) is 224 Å². The first-order valence-electron chi connectivity index (χ1n) is 22.2. The SMILES string of the molecule is c1ccc(C2(c3ccccc3)c3ccccc3-c3c(N(c4ccc(-c5ccc(-c6ccc7ccccc7c6)cc5)cc4)c4cccc(-c5cccc6ccccc56)c4)cccc32)cc1. The first-order chi connectivity index (χ1) is 31.7. The molecule has 11 aromatic carbocycles. The van der Waals surface area contributed by atoms with Crippen molar-refractivity contribution in [1.82, 2.24) is 0 Å². The smallest absolute Gasteiger partial charge is 0.0714 e. The molecule has 0 bridgehead atoms. The third-order valence-electron chi connectivity index (χ3n) is 13.3. The summed E-state index contributed by atoms with van der Waals surface area (Å²) >= 11 is 0. The van der Waals surface area contributed by atoms with Crippen LogP contribution in [0.2, 0.25) is 0 Å². The van der Waals surface area contributed by atoms with E-state index in [1.165, 1.54) is 88.3 Å². The van der Waals surface area contributed by atoms with Crippen LogP contribution in [0.4, 0.5) is 17.1 Å². The van der Waals surface area contributed by atoms with Gasteiger partial charge in [0.2, 0.25) is 0 Å². The molecule has 1 aliphatic rings. The molecule has 0 N–H and O–H groups in total. The van der Waals surface area contributed by atoms with Crippen LogP contribution in [-0.4, -0.2) is 0 Å². The quantitative estimate of drug-likeness (QED) is 0.148. The Balaban J connectivity index is 1.03. The minimum atomic E-state index is -0.510. The third-order valence-corrected chi connectivity index (χ3v) is 13.3. The van der Waals surface area contributed by atoms with Crippen LogP contribution in [0, 0.1) is 0 Å². The highest BCUT2D eigenvalue weighted by Crippen LogP contribution is 2.59. The predicted molar refractivity (Wildman–Crippen MR) is 270 cm³/mol. The van der Waals surface area contributed by atoms with E-state index in [1.54, 1.807) is 0 Å². The van der Waals surface area contributed by atoms with E-state index < -0.39 is 5.41 Å². The molecule has 64 heavy (non-hydrogen) atoms. The average molecular weight is 814 g/mol. The fourth-order valence-corrected chi connectivity index (χ4v) is 10.4. The molecule has 0 saturated heterocycles. The lowest BCUT2D eigenvalue weighted by molar-refractivity contribution is 0.768. The maximum atomic E-state index is 2.48. The molecule has 0 aromatic heterocycles. The third kappa shape index (κ3) is 6.16. The van der Waals surface area contributed by atoms with Gasteiger partial charge < -0.3 is 4.90 Å². The largest absolute Gasteiger partial charge is 0.310 e. The van der Waals surface area contributed by atoms with Gasteiger partial charge in [-0.15, -0.1) is 0 Å². The molecule has 1 heteroatoms. The van der Waals surface area contributed by atoms with E-state index in [0.29, 0.717) is 0 Å². The van der Waals surface area contributed by atoms with E-state index in [9.17, 15) is 0 Å². The van der Waals surface area contributed by atoms with Gasteiger partial charge in [0.25, 0.3) is 0 Å². The van der Waals surface area contributed by atoms with Gasteiger partial charge in [0, 0.05) is 16.9 Å². The molecule has 11 aromatic rings. The fourth-order valence-electron chi connectivity index (χ4n) is 10.4. The summed E-state index contributed by atoms with van der Waals surface area (Å²) in [7, 11) is 0. The number of anilines is 3. The zero-order valence-corrected chi connectivity index (χ0v) is 35.3. The highest BCUT2D eigenvalue weighted by Gasteiger charge is 2.47. The van der Waals surface area contributed by atoms with Crippen LogP contribution < -0.4 is 4.90 Å². The second kappa shape index (κ2) is 15.6. The minimum Gasteiger partial charge on any atom is -0.310 e. The molecule has 0 fully saturated rings. The maximum Gasteiger partial charge on any atom is 0.0714 e. The summed E-state index contributed by atoms with van der Waals surface area (Å²) in [6, 6.07) is 95.9. The monoisotopic (exact) mass is 813 g/mol. The van der Waals surface area contributed by atoms with Gasteiger partial charge in [-0.3, -0.25) is 0 Å². The average Bonchev–Trinajstić information content (AvgIpc) is 3.69. The van der Waals surface area contributed by atoms with E-state index >= 15 is 0 Å². The van der Waals surface area contributed by atoms with Gasteiger partial charge in [0.05, 0.1) is 11.1 Å². The van der Waals surface area contributed by atoms with Gasteiger partial charge in [-0.05, 0) is 119 Å². The zero-order chi connectivity index (χ0) is 42.5. The molecular formula is C63H43N. The highest BCUT2D eigenvalue weighted by molar-refractivity contribution is 6.00. The number of fused-ring (bicyclic) bond motifs is 5. The Morgan fingerprint density at radius 3 is 1.56 bits per heavy atom. The summed E-state index contributed by atoms with van der Waals surface area (Å²) in [6.45, 7) is 0. The van der Waals surface area contributed by atoms with Crippen LogP contribution in [0.25, 0.3) is 66.1 Å². The molecule has 0 atom stereocenters. The molecular weight excluding hydrogens is 771 g/mol. The molecule has 0 amide bonds. The molecule has 1 aliphatic carbocycles. The first-order valence-corrected chi connectivity index (χ1v) is 22.2.